The molecule has 1 amide bonds. The number of ether oxygens (including phenoxy) is 3. The molecule has 0 fully saturated rings. The van der Waals surface area contributed by atoms with Crippen LogP contribution in [0.25, 0.3) is 0 Å². The first-order valence-corrected chi connectivity index (χ1v) is 9.49. The van der Waals surface area contributed by atoms with Gasteiger partial charge in [0.25, 0.3) is 5.91 Å². The summed E-state index contributed by atoms with van der Waals surface area (Å²) in [6.07, 6.45) is 0.832. The fourth-order valence-corrected chi connectivity index (χ4v) is 3.62. The lowest BCUT2D eigenvalue weighted by molar-refractivity contribution is -0.885. The molecule has 0 saturated carbocycles. The Labute approximate surface area is 166 Å². The highest BCUT2D eigenvalue weighted by atomic mass is 16.5. The largest absolute Gasteiger partial charge is 0.497 e. The van der Waals surface area contributed by atoms with Crippen molar-refractivity contribution in [2.45, 2.75) is 19.5 Å². The number of hydrogen-bond acceptors (Lipinski definition) is 4. The molecule has 150 valence electrons. The molecule has 1 aliphatic heterocycles. The minimum absolute atomic E-state index is 0.173. The summed E-state index contributed by atoms with van der Waals surface area (Å²) in [4.78, 5) is 15.9. The minimum Gasteiger partial charge on any atom is -0.497 e. The number of quaternary nitrogens is 1. The van der Waals surface area contributed by atoms with E-state index >= 15 is 0 Å². The molecular weight excluding hydrogens is 356 g/mol. The number of nitrogens with one attached hydrogen (secondary N) is 1. The summed E-state index contributed by atoms with van der Waals surface area (Å²) in [5.74, 6) is 2.46. The Morgan fingerprint density at radius 2 is 1.64 bits per heavy atom. The zero-order valence-corrected chi connectivity index (χ0v) is 17.1. The van der Waals surface area contributed by atoms with Gasteiger partial charge in [0.2, 0.25) is 0 Å². The third kappa shape index (κ3) is 4.57. The summed E-state index contributed by atoms with van der Waals surface area (Å²) in [5.41, 5.74) is 3.54. The number of amides is 1. The molecule has 28 heavy (non-hydrogen) atoms. The molecule has 1 atom stereocenters. The number of rotatable bonds is 7. The quantitative estimate of drug-likeness (QED) is 0.781. The van der Waals surface area contributed by atoms with E-state index < -0.39 is 0 Å². The topological polar surface area (TPSA) is 52.4 Å². The van der Waals surface area contributed by atoms with Gasteiger partial charge in [0.1, 0.15) is 12.3 Å². The van der Waals surface area contributed by atoms with Crippen LogP contribution >= 0.6 is 0 Å². The average Bonchev–Trinajstić information content (AvgIpc) is 2.72. The van der Waals surface area contributed by atoms with Crippen LogP contribution in [0.2, 0.25) is 0 Å². The van der Waals surface area contributed by atoms with E-state index in [0.717, 1.165) is 41.5 Å². The first-order chi connectivity index (χ1) is 13.5. The van der Waals surface area contributed by atoms with E-state index in [1.807, 2.05) is 48.3 Å². The lowest BCUT2D eigenvalue weighted by Crippen LogP contribution is -3.08. The van der Waals surface area contributed by atoms with Gasteiger partial charge in [-0.05, 0) is 53.9 Å². The zero-order valence-electron chi connectivity index (χ0n) is 17.1. The molecule has 1 aliphatic rings. The Bertz CT molecular complexity index is 820. The summed E-state index contributed by atoms with van der Waals surface area (Å²) in [7, 11) is 6.99. The molecule has 1 heterocycles. The van der Waals surface area contributed by atoms with Crippen LogP contribution in [0.1, 0.15) is 16.7 Å². The second-order valence-corrected chi connectivity index (χ2v) is 7.20. The van der Waals surface area contributed by atoms with Crippen molar-refractivity contribution in [2.75, 3.05) is 41.5 Å². The van der Waals surface area contributed by atoms with Gasteiger partial charge in [0, 0.05) is 18.7 Å². The molecule has 3 rings (SSSR count). The molecular formula is C22H29N2O4+. The van der Waals surface area contributed by atoms with E-state index in [-0.39, 0.29) is 5.91 Å². The molecule has 0 radical (unpaired) electrons. The normalized spacial score (nSPS) is 14.2. The van der Waals surface area contributed by atoms with Crippen molar-refractivity contribution in [2.24, 2.45) is 0 Å². The molecule has 1 unspecified atom stereocenters. The van der Waals surface area contributed by atoms with Crippen LogP contribution in [-0.2, 0) is 24.3 Å². The summed E-state index contributed by atoms with van der Waals surface area (Å²) in [5, 5.41) is 0. The van der Waals surface area contributed by atoms with Gasteiger partial charge in [0.05, 0.1) is 28.4 Å². The molecule has 2 aromatic carbocycles. The van der Waals surface area contributed by atoms with Gasteiger partial charge in [-0.1, -0.05) is 0 Å². The minimum atomic E-state index is 0.173. The maximum absolute atomic E-state index is 12.8. The van der Waals surface area contributed by atoms with E-state index in [0.29, 0.717) is 18.8 Å². The van der Waals surface area contributed by atoms with Gasteiger partial charge in [-0.3, -0.25) is 4.79 Å². The number of fused-ring (bicyclic) bond motifs is 1. The highest BCUT2D eigenvalue weighted by Crippen LogP contribution is 2.33. The number of carbonyl (C=O) groups is 1. The predicted molar refractivity (Wildman–Crippen MR) is 107 cm³/mol. The molecule has 6 nitrogen and oxygen atoms in total. The van der Waals surface area contributed by atoms with Gasteiger partial charge in [0.15, 0.2) is 18.0 Å². The van der Waals surface area contributed by atoms with Gasteiger partial charge < -0.3 is 24.0 Å². The third-order valence-corrected chi connectivity index (χ3v) is 5.19. The molecule has 2 aromatic rings. The number of benzene rings is 2. The third-order valence-electron chi connectivity index (χ3n) is 5.19. The molecule has 0 aliphatic carbocycles. The highest BCUT2D eigenvalue weighted by Gasteiger charge is 2.24. The second-order valence-electron chi connectivity index (χ2n) is 7.20. The van der Waals surface area contributed by atoms with Gasteiger partial charge >= 0.3 is 0 Å². The highest BCUT2D eigenvalue weighted by molar-refractivity contribution is 5.77. The number of hydrogen-bond donors (Lipinski definition) is 1. The number of methoxy groups -OCH3 is 3. The van der Waals surface area contributed by atoms with Crippen LogP contribution in [0, 0.1) is 0 Å². The fraction of sp³-hybridized carbons (Fsp3) is 0.409. The Balaban J connectivity index is 1.60. The van der Waals surface area contributed by atoms with E-state index in [1.54, 1.807) is 21.3 Å². The molecule has 0 bridgehead atoms. The van der Waals surface area contributed by atoms with Crippen molar-refractivity contribution in [3.05, 3.63) is 53.1 Å². The van der Waals surface area contributed by atoms with Crippen LogP contribution in [0.3, 0.4) is 0 Å². The van der Waals surface area contributed by atoms with Crippen LogP contribution < -0.4 is 19.1 Å². The monoisotopic (exact) mass is 385 g/mol. The predicted octanol–water partition coefficient (Wildman–Crippen LogP) is 1.31. The standard InChI is InChI=1S/C22H28N2O4/c1-23(13-16-5-7-19(26-2)8-6-16)15-22(25)24-10-9-17-11-20(27-3)21(28-4)12-18(17)14-24/h5-8,11-12H,9-10,13-15H2,1-4H3/p+1. The lowest BCUT2D eigenvalue weighted by Gasteiger charge is -2.30. The smallest absolute Gasteiger partial charge is 0.278 e. The van der Waals surface area contributed by atoms with Crippen molar-refractivity contribution in [1.82, 2.24) is 4.90 Å². The number of nitrogens with zero attached hydrogens (tertiary/aromatic N) is 1. The summed E-state index contributed by atoms with van der Waals surface area (Å²) >= 11 is 0. The first-order valence-electron chi connectivity index (χ1n) is 9.49. The average molecular weight is 385 g/mol. The van der Waals surface area contributed by atoms with Gasteiger partial charge in [-0.25, -0.2) is 0 Å². The van der Waals surface area contributed by atoms with Gasteiger partial charge in [-0.2, -0.15) is 0 Å². The van der Waals surface area contributed by atoms with Crippen LogP contribution in [0.5, 0.6) is 17.2 Å². The Hall–Kier alpha value is -2.73. The van der Waals surface area contributed by atoms with Crippen LogP contribution in [-0.4, -0.2) is 52.3 Å². The lowest BCUT2D eigenvalue weighted by atomic mass is 9.98. The Kier molecular flexibility index (Phi) is 6.41. The van der Waals surface area contributed by atoms with Crippen molar-refractivity contribution in [1.29, 1.82) is 0 Å². The van der Waals surface area contributed by atoms with E-state index in [1.165, 1.54) is 11.1 Å². The summed E-state index contributed by atoms with van der Waals surface area (Å²) < 4.78 is 16.0. The molecule has 1 N–H and O–H groups in total. The Morgan fingerprint density at radius 1 is 1.00 bits per heavy atom. The molecule has 0 spiro atoms. The molecule has 0 saturated heterocycles. The maximum atomic E-state index is 12.8. The Morgan fingerprint density at radius 3 is 2.25 bits per heavy atom. The summed E-state index contributed by atoms with van der Waals surface area (Å²) in [6, 6.07) is 12.0. The number of carbonyl (C=O) groups excluding carboxylic acids is 1. The van der Waals surface area contributed by atoms with E-state index in [2.05, 4.69) is 0 Å². The van der Waals surface area contributed by atoms with E-state index in [9.17, 15) is 4.79 Å². The molecule has 6 heteroatoms. The van der Waals surface area contributed by atoms with Crippen LogP contribution in [0.15, 0.2) is 36.4 Å². The van der Waals surface area contributed by atoms with Crippen molar-refractivity contribution in [3.63, 3.8) is 0 Å². The zero-order chi connectivity index (χ0) is 20.1. The first kappa shape index (κ1) is 20.0. The van der Waals surface area contributed by atoms with Crippen molar-refractivity contribution < 1.29 is 23.9 Å². The SMILES string of the molecule is COc1ccc(C[NH+](C)CC(=O)N2CCc3cc(OC)c(OC)cc3C2)cc1. The summed E-state index contributed by atoms with van der Waals surface area (Å²) in [6.45, 7) is 2.61. The molecule has 0 aromatic heterocycles. The van der Waals surface area contributed by atoms with Crippen molar-refractivity contribution in [3.8, 4) is 17.2 Å². The van der Waals surface area contributed by atoms with Gasteiger partial charge in [-0.15, -0.1) is 0 Å². The number of likely N-dealkylation sites (N-methyl/N-ethyl adjacent to an activating group) is 1. The van der Waals surface area contributed by atoms with Crippen molar-refractivity contribution >= 4 is 5.91 Å². The second kappa shape index (κ2) is 8.97. The fourth-order valence-electron chi connectivity index (χ4n) is 3.62. The van der Waals surface area contributed by atoms with E-state index in [4.69, 9.17) is 14.2 Å². The maximum Gasteiger partial charge on any atom is 0.278 e. The van der Waals surface area contributed by atoms with Crippen LogP contribution in [0.4, 0.5) is 0 Å².